The summed E-state index contributed by atoms with van der Waals surface area (Å²) >= 11 is 7.62. The number of anilines is 1. The van der Waals surface area contributed by atoms with Crippen LogP contribution in [0.15, 0.2) is 53.9 Å². The number of halogens is 1. The third-order valence-corrected chi connectivity index (χ3v) is 8.90. The van der Waals surface area contributed by atoms with Crippen LogP contribution in [0.5, 0.6) is 0 Å². The topological polar surface area (TPSA) is 42.0 Å². The van der Waals surface area contributed by atoms with E-state index in [1.54, 1.807) is 11.3 Å². The predicted molar refractivity (Wildman–Crippen MR) is 132 cm³/mol. The Hall–Kier alpha value is -2.17. The van der Waals surface area contributed by atoms with E-state index in [9.17, 15) is 4.79 Å². The molecule has 3 aromatic rings. The highest BCUT2D eigenvalue weighted by molar-refractivity contribution is 7.13. The Morgan fingerprint density at radius 2 is 1.53 bits per heavy atom. The average Bonchev–Trinajstić information content (AvgIpc) is 3.23. The molecule has 0 saturated heterocycles. The predicted octanol–water partition coefficient (Wildman–Crippen LogP) is 7.68. The maximum atomic E-state index is 12.9. The molecule has 4 saturated carbocycles. The van der Waals surface area contributed by atoms with E-state index in [-0.39, 0.29) is 11.3 Å². The normalized spacial score (nSPS) is 28.1. The third-order valence-electron chi connectivity index (χ3n) is 7.76. The van der Waals surface area contributed by atoms with Gasteiger partial charge < -0.3 is 5.32 Å². The van der Waals surface area contributed by atoms with Crippen LogP contribution in [0.1, 0.15) is 44.9 Å². The van der Waals surface area contributed by atoms with E-state index in [0.717, 1.165) is 50.3 Å². The SMILES string of the molecule is O=C(CC12CC3CC(CC(C3)C1)C2)Nc1ccc(-c2csc(-c3ccc(Cl)cc3)n2)cc1. The molecule has 4 bridgehead atoms. The van der Waals surface area contributed by atoms with E-state index >= 15 is 0 Å². The summed E-state index contributed by atoms with van der Waals surface area (Å²) in [7, 11) is 0. The molecule has 0 atom stereocenters. The van der Waals surface area contributed by atoms with E-state index in [1.165, 1.54) is 38.5 Å². The molecule has 0 unspecified atom stereocenters. The summed E-state index contributed by atoms with van der Waals surface area (Å²) in [5, 5.41) is 6.94. The molecule has 1 amide bonds. The zero-order valence-corrected chi connectivity index (χ0v) is 19.6. The molecule has 5 heteroatoms. The lowest BCUT2D eigenvalue weighted by atomic mass is 9.49. The second-order valence-electron chi connectivity index (χ2n) is 10.3. The van der Waals surface area contributed by atoms with Crippen LogP contribution in [0, 0.1) is 23.2 Å². The minimum atomic E-state index is 0.179. The molecule has 1 aromatic heterocycles. The van der Waals surface area contributed by atoms with Gasteiger partial charge in [0.2, 0.25) is 5.91 Å². The van der Waals surface area contributed by atoms with Gasteiger partial charge in [-0.05, 0) is 86.0 Å². The van der Waals surface area contributed by atoms with Gasteiger partial charge in [0.05, 0.1) is 5.69 Å². The van der Waals surface area contributed by atoms with E-state index in [1.807, 2.05) is 48.5 Å². The quantitative estimate of drug-likeness (QED) is 0.422. The van der Waals surface area contributed by atoms with E-state index < -0.39 is 0 Å². The van der Waals surface area contributed by atoms with Crippen molar-refractivity contribution in [1.82, 2.24) is 4.98 Å². The van der Waals surface area contributed by atoms with Crippen LogP contribution >= 0.6 is 22.9 Å². The Morgan fingerprint density at radius 1 is 0.938 bits per heavy atom. The number of aromatic nitrogens is 1. The highest BCUT2D eigenvalue weighted by Crippen LogP contribution is 2.61. The van der Waals surface area contributed by atoms with Gasteiger partial charge in [0.15, 0.2) is 0 Å². The summed E-state index contributed by atoms with van der Waals surface area (Å²) < 4.78 is 0. The van der Waals surface area contributed by atoms with Crippen LogP contribution in [-0.4, -0.2) is 10.9 Å². The smallest absolute Gasteiger partial charge is 0.224 e. The van der Waals surface area contributed by atoms with Gasteiger partial charge >= 0.3 is 0 Å². The fourth-order valence-electron chi connectivity index (χ4n) is 6.91. The number of rotatable bonds is 5. The first-order valence-electron chi connectivity index (χ1n) is 11.7. The number of nitrogens with zero attached hydrogens (tertiary/aromatic N) is 1. The van der Waals surface area contributed by atoms with Gasteiger partial charge in [-0.3, -0.25) is 4.79 Å². The van der Waals surface area contributed by atoms with E-state index in [0.29, 0.717) is 6.42 Å². The van der Waals surface area contributed by atoms with Crippen LogP contribution in [0.25, 0.3) is 21.8 Å². The maximum Gasteiger partial charge on any atom is 0.224 e. The lowest BCUT2D eigenvalue weighted by Crippen LogP contribution is -2.47. The first kappa shape index (κ1) is 20.4. The highest BCUT2D eigenvalue weighted by atomic mass is 35.5. The van der Waals surface area contributed by atoms with Crippen molar-refractivity contribution in [3.63, 3.8) is 0 Å². The molecule has 164 valence electrons. The first-order valence-corrected chi connectivity index (χ1v) is 12.9. The van der Waals surface area contributed by atoms with Gasteiger partial charge in [-0.1, -0.05) is 35.9 Å². The second kappa shape index (κ2) is 8.00. The summed E-state index contributed by atoms with van der Waals surface area (Å²) in [5.74, 6) is 2.82. The van der Waals surface area contributed by atoms with Crippen molar-refractivity contribution < 1.29 is 4.79 Å². The number of carbonyl (C=O) groups excluding carboxylic acids is 1. The molecule has 1 heterocycles. The van der Waals surface area contributed by atoms with Crippen molar-refractivity contribution >= 4 is 34.5 Å². The molecular formula is C27H27ClN2OS. The molecule has 3 nitrogen and oxygen atoms in total. The highest BCUT2D eigenvalue weighted by Gasteiger charge is 2.51. The Bertz CT molecular complexity index is 1100. The van der Waals surface area contributed by atoms with Crippen LogP contribution in [0.4, 0.5) is 5.69 Å². The Morgan fingerprint density at radius 3 is 2.16 bits per heavy atom. The van der Waals surface area contributed by atoms with Crippen LogP contribution in [0.3, 0.4) is 0 Å². The number of hydrogen-bond acceptors (Lipinski definition) is 3. The lowest BCUT2D eigenvalue weighted by molar-refractivity contribution is -0.124. The molecule has 0 radical (unpaired) electrons. The third kappa shape index (κ3) is 3.99. The standard InChI is InChI=1S/C27H27ClN2OS/c28-22-5-1-21(2-6-22)26-30-24(16-32-26)20-3-7-23(8-4-20)29-25(31)15-27-12-17-9-18(13-27)11-19(10-17)14-27/h1-8,16-19H,9-15H2,(H,29,31). The molecule has 0 spiro atoms. The van der Waals surface area contributed by atoms with Crippen molar-refractivity contribution in [2.24, 2.45) is 23.2 Å². The fraction of sp³-hybridized carbons (Fsp3) is 0.407. The summed E-state index contributed by atoms with van der Waals surface area (Å²) in [5.41, 5.74) is 4.22. The van der Waals surface area contributed by atoms with E-state index in [2.05, 4.69) is 10.7 Å². The molecule has 4 aliphatic carbocycles. The monoisotopic (exact) mass is 462 g/mol. The zero-order valence-electron chi connectivity index (χ0n) is 18.0. The minimum absolute atomic E-state index is 0.179. The summed E-state index contributed by atoms with van der Waals surface area (Å²) in [6.45, 7) is 0. The van der Waals surface area contributed by atoms with Gasteiger partial charge in [0.25, 0.3) is 0 Å². The average molecular weight is 463 g/mol. The fourth-order valence-corrected chi connectivity index (χ4v) is 7.87. The number of hydrogen-bond donors (Lipinski definition) is 1. The Labute approximate surface area is 198 Å². The van der Waals surface area contributed by atoms with Crippen LogP contribution < -0.4 is 5.32 Å². The van der Waals surface area contributed by atoms with Gasteiger partial charge in [-0.2, -0.15) is 0 Å². The number of nitrogens with one attached hydrogen (secondary N) is 1. The van der Waals surface area contributed by atoms with Crippen molar-refractivity contribution in [3.8, 4) is 21.8 Å². The zero-order chi connectivity index (χ0) is 21.7. The number of carbonyl (C=O) groups is 1. The first-order chi connectivity index (χ1) is 15.5. The Balaban J connectivity index is 1.11. The van der Waals surface area contributed by atoms with Gasteiger partial charge in [0, 0.05) is 33.6 Å². The lowest BCUT2D eigenvalue weighted by Gasteiger charge is -2.56. The molecule has 7 rings (SSSR count). The van der Waals surface area contributed by atoms with Gasteiger partial charge in [0.1, 0.15) is 5.01 Å². The summed E-state index contributed by atoms with van der Waals surface area (Å²) in [6, 6.07) is 15.8. The van der Waals surface area contributed by atoms with Crippen molar-refractivity contribution in [3.05, 3.63) is 58.9 Å². The van der Waals surface area contributed by atoms with Gasteiger partial charge in [-0.15, -0.1) is 11.3 Å². The van der Waals surface area contributed by atoms with Gasteiger partial charge in [-0.25, -0.2) is 4.98 Å². The largest absolute Gasteiger partial charge is 0.326 e. The molecule has 0 aliphatic heterocycles. The van der Waals surface area contributed by atoms with Crippen molar-refractivity contribution in [1.29, 1.82) is 0 Å². The number of benzene rings is 2. The number of amides is 1. The molecule has 4 fully saturated rings. The minimum Gasteiger partial charge on any atom is -0.326 e. The van der Waals surface area contributed by atoms with Crippen molar-refractivity contribution in [2.75, 3.05) is 5.32 Å². The molecule has 32 heavy (non-hydrogen) atoms. The summed E-state index contributed by atoms with van der Waals surface area (Å²) in [6.07, 6.45) is 8.74. The molecule has 4 aliphatic rings. The van der Waals surface area contributed by atoms with Crippen molar-refractivity contribution in [2.45, 2.75) is 44.9 Å². The van der Waals surface area contributed by atoms with Crippen LogP contribution in [0.2, 0.25) is 5.02 Å². The Kier molecular flexibility index (Phi) is 5.11. The molecular weight excluding hydrogens is 436 g/mol. The van der Waals surface area contributed by atoms with Crippen LogP contribution in [-0.2, 0) is 4.79 Å². The molecule has 1 N–H and O–H groups in total. The maximum absolute atomic E-state index is 12.9. The summed E-state index contributed by atoms with van der Waals surface area (Å²) in [4.78, 5) is 17.7. The number of thiazole rings is 1. The molecule has 2 aromatic carbocycles. The van der Waals surface area contributed by atoms with E-state index in [4.69, 9.17) is 16.6 Å². The second-order valence-corrected chi connectivity index (χ2v) is 11.6.